The third-order valence-corrected chi connectivity index (χ3v) is 6.71. The van der Waals surface area contributed by atoms with Crippen LogP contribution in [0.5, 0.6) is 0 Å². The molecule has 9 heteroatoms. The van der Waals surface area contributed by atoms with Crippen LogP contribution in [-0.2, 0) is 39.9 Å². The van der Waals surface area contributed by atoms with E-state index in [9.17, 15) is 14.4 Å². The van der Waals surface area contributed by atoms with Crippen molar-refractivity contribution in [3.63, 3.8) is 0 Å². The van der Waals surface area contributed by atoms with Crippen molar-refractivity contribution >= 4 is 17.8 Å². The molecule has 4 heterocycles. The fraction of sp³-hybridized carbons (Fsp3) is 0.542. The molecular weight excluding hydrogens is 428 g/mol. The molecule has 0 aliphatic carbocycles. The molecule has 4 aliphatic heterocycles. The van der Waals surface area contributed by atoms with Crippen LogP contribution >= 0.6 is 0 Å². The molecule has 0 aromatic heterocycles. The molecule has 3 fully saturated rings. The van der Waals surface area contributed by atoms with Gasteiger partial charge in [-0.15, -0.1) is 0 Å². The predicted octanol–water partition coefficient (Wildman–Crippen LogP) is 1.43. The minimum atomic E-state index is -0.912. The summed E-state index contributed by atoms with van der Waals surface area (Å²) in [6.07, 6.45) is 0.736. The quantitative estimate of drug-likeness (QED) is 0.485. The molecule has 0 spiro atoms. The van der Waals surface area contributed by atoms with Crippen LogP contribution < -0.4 is 0 Å². The van der Waals surface area contributed by atoms with Gasteiger partial charge in [0.05, 0.1) is 24.5 Å². The Bertz CT molecular complexity index is 1010. The molecular formula is C24H28N2O7. The average Bonchev–Trinajstić information content (AvgIpc) is 3.43. The Labute approximate surface area is 192 Å². The number of likely N-dealkylation sites (tertiary alicyclic amines) is 2. The number of carbonyl (C=O) groups is 3. The number of benzene rings is 1. The Morgan fingerprint density at radius 2 is 1.79 bits per heavy atom. The molecule has 0 N–H and O–H groups in total. The van der Waals surface area contributed by atoms with Crippen LogP contribution in [0, 0.1) is 11.8 Å². The Hall–Kier alpha value is -2.75. The van der Waals surface area contributed by atoms with Gasteiger partial charge >= 0.3 is 5.97 Å². The number of hydrogen-bond donors (Lipinski definition) is 0. The average molecular weight is 456 g/mol. The third kappa shape index (κ3) is 3.55. The molecule has 0 unspecified atom stereocenters. The van der Waals surface area contributed by atoms with E-state index < -0.39 is 48.1 Å². The Balaban J connectivity index is 1.57. The number of esters is 1. The first-order valence-electron chi connectivity index (χ1n) is 11.2. The lowest BCUT2D eigenvalue weighted by atomic mass is 9.88. The van der Waals surface area contributed by atoms with E-state index in [1.807, 2.05) is 41.3 Å². The van der Waals surface area contributed by atoms with Gasteiger partial charge in [-0.2, -0.15) is 0 Å². The van der Waals surface area contributed by atoms with Crippen molar-refractivity contribution in [3.05, 3.63) is 47.7 Å². The molecule has 9 nitrogen and oxygen atoms in total. The minimum Gasteiger partial charge on any atom is -0.465 e. The fourth-order valence-corrected chi connectivity index (χ4v) is 5.42. The number of rotatable bonds is 5. The maximum Gasteiger partial charge on any atom is 0.324 e. The van der Waals surface area contributed by atoms with Gasteiger partial charge in [-0.3, -0.25) is 24.2 Å². The van der Waals surface area contributed by atoms with E-state index in [0.29, 0.717) is 12.3 Å². The van der Waals surface area contributed by atoms with Gasteiger partial charge in [0.25, 0.3) is 0 Å². The first-order chi connectivity index (χ1) is 15.7. The lowest BCUT2D eigenvalue weighted by Crippen LogP contribution is -2.48. The second kappa shape index (κ2) is 7.93. The molecule has 1 aromatic rings. The summed E-state index contributed by atoms with van der Waals surface area (Å²) >= 11 is 0. The number of fused-ring (bicyclic) bond motifs is 2. The van der Waals surface area contributed by atoms with Crippen LogP contribution in [-0.4, -0.2) is 71.5 Å². The third-order valence-electron chi connectivity index (χ3n) is 6.71. The van der Waals surface area contributed by atoms with Crippen LogP contribution in [0.2, 0.25) is 0 Å². The molecule has 0 bridgehead atoms. The lowest BCUT2D eigenvalue weighted by Gasteiger charge is -2.32. The molecule has 0 saturated carbocycles. The summed E-state index contributed by atoms with van der Waals surface area (Å²) in [7, 11) is 1.46. The van der Waals surface area contributed by atoms with E-state index in [1.165, 1.54) is 7.05 Å². The van der Waals surface area contributed by atoms with Crippen LogP contribution in [0.15, 0.2) is 42.2 Å². The maximum atomic E-state index is 13.2. The van der Waals surface area contributed by atoms with Gasteiger partial charge in [-0.25, -0.2) is 0 Å². The number of nitrogens with zero attached hydrogens (tertiary/aromatic N) is 2. The van der Waals surface area contributed by atoms with Gasteiger partial charge in [0.15, 0.2) is 5.79 Å². The van der Waals surface area contributed by atoms with Crippen LogP contribution in [0.1, 0.15) is 26.3 Å². The van der Waals surface area contributed by atoms with E-state index in [2.05, 4.69) is 0 Å². The fourth-order valence-electron chi connectivity index (χ4n) is 5.42. The normalized spacial score (nSPS) is 34.8. The van der Waals surface area contributed by atoms with Crippen molar-refractivity contribution in [2.24, 2.45) is 11.8 Å². The summed E-state index contributed by atoms with van der Waals surface area (Å²) in [5.41, 5.74) is 0.942. The van der Waals surface area contributed by atoms with E-state index in [4.69, 9.17) is 18.9 Å². The highest BCUT2D eigenvalue weighted by Gasteiger charge is 2.66. The number of hydrogen-bond acceptors (Lipinski definition) is 8. The van der Waals surface area contributed by atoms with Gasteiger partial charge < -0.3 is 18.9 Å². The Morgan fingerprint density at radius 3 is 2.45 bits per heavy atom. The zero-order chi connectivity index (χ0) is 23.5. The van der Waals surface area contributed by atoms with E-state index in [1.54, 1.807) is 20.8 Å². The van der Waals surface area contributed by atoms with Gasteiger partial charge in [0.1, 0.15) is 17.9 Å². The number of ether oxygens (including phenoxy) is 4. The second-order valence-corrected chi connectivity index (χ2v) is 9.24. The molecule has 3 saturated heterocycles. The van der Waals surface area contributed by atoms with Crippen molar-refractivity contribution in [1.29, 1.82) is 0 Å². The molecule has 0 radical (unpaired) electrons. The summed E-state index contributed by atoms with van der Waals surface area (Å²) in [5, 5.41) is 0. The number of amides is 2. The SMILES string of the molecule is CCOC(=O)[C@@H]1[C@@H]2C(=O)N(C)C(=O)[C@@H]2[C@@H](C2=C[C@H]3OC(C)(C)O[C@H]3O2)N1Cc1ccccc1. The molecule has 5 rings (SSSR count). The van der Waals surface area contributed by atoms with Crippen LogP contribution in [0.3, 0.4) is 0 Å². The summed E-state index contributed by atoms with van der Waals surface area (Å²) in [6.45, 7) is 5.85. The van der Waals surface area contributed by atoms with E-state index in [-0.39, 0.29) is 18.4 Å². The Morgan fingerprint density at radius 1 is 1.09 bits per heavy atom. The molecule has 1 aromatic carbocycles. The van der Waals surface area contributed by atoms with Crippen molar-refractivity contribution in [3.8, 4) is 0 Å². The summed E-state index contributed by atoms with van der Waals surface area (Å²) in [6, 6.07) is 8.06. The Kier molecular flexibility index (Phi) is 5.30. The first kappa shape index (κ1) is 22.1. The van der Waals surface area contributed by atoms with Crippen molar-refractivity contribution in [1.82, 2.24) is 9.80 Å². The van der Waals surface area contributed by atoms with Crippen molar-refractivity contribution in [2.75, 3.05) is 13.7 Å². The number of carbonyl (C=O) groups excluding carboxylic acids is 3. The molecule has 4 aliphatic rings. The standard InChI is InChI=1S/C24H28N2O7/c1-5-30-22(29)19-17-16(20(27)25(4)21(17)28)18(26(19)12-13-9-7-6-8-10-13)14-11-15-23(31-14)33-24(2,3)32-15/h6-11,15-19,23H,5,12H2,1-4H3/t15-,16+,17-,18-,19+,23-/m1/s1. The van der Waals surface area contributed by atoms with Gasteiger partial charge in [0, 0.05) is 13.6 Å². The first-order valence-corrected chi connectivity index (χ1v) is 11.2. The highest BCUT2D eigenvalue weighted by molar-refractivity contribution is 6.08. The summed E-state index contributed by atoms with van der Waals surface area (Å²) in [4.78, 5) is 42.4. The monoisotopic (exact) mass is 456 g/mol. The largest absolute Gasteiger partial charge is 0.465 e. The molecule has 6 atom stereocenters. The van der Waals surface area contributed by atoms with Crippen LogP contribution in [0.25, 0.3) is 0 Å². The highest BCUT2D eigenvalue weighted by Crippen LogP contribution is 2.48. The number of imide groups is 1. The van der Waals surface area contributed by atoms with Gasteiger partial charge in [-0.1, -0.05) is 30.3 Å². The second-order valence-electron chi connectivity index (χ2n) is 9.24. The molecule has 176 valence electrons. The van der Waals surface area contributed by atoms with Crippen LogP contribution in [0.4, 0.5) is 0 Å². The van der Waals surface area contributed by atoms with E-state index >= 15 is 0 Å². The predicted molar refractivity (Wildman–Crippen MR) is 114 cm³/mol. The summed E-state index contributed by atoms with van der Waals surface area (Å²) < 4.78 is 23.2. The zero-order valence-corrected chi connectivity index (χ0v) is 19.1. The lowest BCUT2D eigenvalue weighted by molar-refractivity contribution is -0.184. The summed E-state index contributed by atoms with van der Waals surface area (Å²) in [5.74, 6) is -3.15. The van der Waals surface area contributed by atoms with Crippen molar-refractivity contribution in [2.45, 2.75) is 57.6 Å². The van der Waals surface area contributed by atoms with Crippen molar-refractivity contribution < 1.29 is 33.3 Å². The topological polar surface area (TPSA) is 94.6 Å². The smallest absolute Gasteiger partial charge is 0.324 e. The molecule has 33 heavy (non-hydrogen) atoms. The zero-order valence-electron chi connectivity index (χ0n) is 19.1. The molecule has 2 amide bonds. The van der Waals surface area contributed by atoms with E-state index in [0.717, 1.165) is 10.5 Å². The highest BCUT2D eigenvalue weighted by atomic mass is 16.8. The van der Waals surface area contributed by atoms with Gasteiger partial charge in [0.2, 0.25) is 18.1 Å². The minimum absolute atomic E-state index is 0.175. The van der Waals surface area contributed by atoms with Gasteiger partial charge in [-0.05, 0) is 32.4 Å². The maximum absolute atomic E-state index is 13.2.